The molecule has 6 heteroatoms. The molecule has 0 fully saturated rings. The maximum atomic E-state index is 11.8. The van der Waals surface area contributed by atoms with Gasteiger partial charge in [-0.25, -0.2) is 4.79 Å². The number of hydrogen-bond donors (Lipinski definition) is 1. The van der Waals surface area contributed by atoms with Gasteiger partial charge >= 0.3 is 5.97 Å². The minimum absolute atomic E-state index is 0.165. The van der Waals surface area contributed by atoms with Crippen LogP contribution in [0.2, 0.25) is 5.02 Å². The molecule has 0 spiro atoms. The Hall–Kier alpha value is -2.01. The molecule has 0 aliphatic carbocycles. The van der Waals surface area contributed by atoms with E-state index >= 15 is 0 Å². The summed E-state index contributed by atoms with van der Waals surface area (Å²) in [5.74, 6) is -0.444. The SMILES string of the molecule is Cc1cc(COC(=O)c2ccc(N)c(Cl)c2)n(C)n1. The third-order valence-corrected chi connectivity index (χ3v) is 3.01. The van der Waals surface area contributed by atoms with Crippen LogP contribution in [-0.4, -0.2) is 15.7 Å². The Labute approximate surface area is 115 Å². The van der Waals surface area contributed by atoms with E-state index in [1.165, 1.54) is 6.07 Å². The van der Waals surface area contributed by atoms with E-state index in [4.69, 9.17) is 22.1 Å². The van der Waals surface area contributed by atoms with Crippen molar-refractivity contribution in [1.82, 2.24) is 9.78 Å². The van der Waals surface area contributed by atoms with Crippen molar-refractivity contribution < 1.29 is 9.53 Å². The van der Waals surface area contributed by atoms with Gasteiger partial charge in [-0.1, -0.05) is 11.6 Å². The third-order valence-electron chi connectivity index (χ3n) is 2.69. The van der Waals surface area contributed by atoms with Gasteiger partial charge in [0.05, 0.1) is 27.7 Å². The number of esters is 1. The van der Waals surface area contributed by atoms with Crippen LogP contribution in [0.3, 0.4) is 0 Å². The van der Waals surface area contributed by atoms with E-state index < -0.39 is 5.97 Å². The molecule has 0 aliphatic rings. The second kappa shape index (κ2) is 5.32. The predicted molar refractivity (Wildman–Crippen MR) is 72.9 cm³/mol. The minimum atomic E-state index is -0.444. The lowest BCUT2D eigenvalue weighted by Gasteiger charge is -2.06. The Morgan fingerprint density at radius 2 is 2.21 bits per heavy atom. The maximum Gasteiger partial charge on any atom is 0.338 e. The first-order valence-electron chi connectivity index (χ1n) is 5.69. The largest absolute Gasteiger partial charge is 0.456 e. The molecule has 1 aromatic heterocycles. The van der Waals surface area contributed by atoms with Crippen molar-refractivity contribution in [3.8, 4) is 0 Å². The van der Waals surface area contributed by atoms with Crippen LogP contribution < -0.4 is 5.73 Å². The highest BCUT2D eigenvalue weighted by atomic mass is 35.5. The lowest BCUT2D eigenvalue weighted by atomic mass is 10.2. The number of aromatic nitrogens is 2. The first kappa shape index (κ1) is 13.4. The molecule has 100 valence electrons. The number of halogens is 1. The lowest BCUT2D eigenvalue weighted by molar-refractivity contribution is 0.0463. The normalized spacial score (nSPS) is 10.5. The summed E-state index contributed by atoms with van der Waals surface area (Å²) in [6.07, 6.45) is 0. The second-order valence-electron chi connectivity index (χ2n) is 4.21. The monoisotopic (exact) mass is 279 g/mol. The molecule has 19 heavy (non-hydrogen) atoms. The van der Waals surface area contributed by atoms with Crippen molar-refractivity contribution in [3.63, 3.8) is 0 Å². The summed E-state index contributed by atoms with van der Waals surface area (Å²) < 4.78 is 6.88. The van der Waals surface area contributed by atoms with E-state index in [-0.39, 0.29) is 6.61 Å². The molecule has 0 bridgehead atoms. The Balaban J connectivity index is 2.05. The van der Waals surface area contributed by atoms with Crippen molar-refractivity contribution in [2.24, 2.45) is 7.05 Å². The number of ether oxygens (including phenoxy) is 1. The molecule has 0 unspecified atom stereocenters. The molecule has 2 N–H and O–H groups in total. The van der Waals surface area contributed by atoms with Crippen LogP contribution in [0.1, 0.15) is 21.7 Å². The van der Waals surface area contributed by atoms with Crippen LogP contribution in [0.5, 0.6) is 0 Å². The number of nitrogens with two attached hydrogens (primary N) is 1. The molecule has 0 saturated heterocycles. The molecule has 1 heterocycles. The standard InChI is InChI=1S/C13H14ClN3O2/c1-8-5-10(17(2)16-8)7-19-13(18)9-3-4-12(15)11(14)6-9/h3-6H,7,15H2,1-2H3. The lowest BCUT2D eigenvalue weighted by Crippen LogP contribution is -2.08. The van der Waals surface area contributed by atoms with Gasteiger partial charge in [0.2, 0.25) is 0 Å². The van der Waals surface area contributed by atoms with E-state index in [0.717, 1.165) is 11.4 Å². The van der Waals surface area contributed by atoms with Crippen molar-refractivity contribution in [2.45, 2.75) is 13.5 Å². The molecule has 1 aromatic carbocycles. The predicted octanol–water partition coefficient (Wildman–Crippen LogP) is 2.32. The van der Waals surface area contributed by atoms with E-state index in [9.17, 15) is 4.79 Å². The number of carbonyl (C=O) groups excluding carboxylic acids is 1. The van der Waals surface area contributed by atoms with Gasteiger partial charge in [-0.3, -0.25) is 4.68 Å². The molecule has 0 atom stereocenters. The van der Waals surface area contributed by atoms with Gasteiger partial charge in [0.15, 0.2) is 0 Å². The molecule has 0 radical (unpaired) electrons. The van der Waals surface area contributed by atoms with Crippen molar-refractivity contribution in [1.29, 1.82) is 0 Å². The average Bonchev–Trinajstić information content (AvgIpc) is 2.68. The zero-order valence-electron chi connectivity index (χ0n) is 10.7. The first-order valence-corrected chi connectivity index (χ1v) is 6.07. The van der Waals surface area contributed by atoms with Gasteiger partial charge < -0.3 is 10.5 Å². The van der Waals surface area contributed by atoms with Crippen LogP contribution >= 0.6 is 11.6 Å². The first-order chi connectivity index (χ1) is 8.97. The third kappa shape index (κ3) is 3.06. The second-order valence-corrected chi connectivity index (χ2v) is 4.62. The van der Waals surface area contributed by atoms with Gasteiger partial charge in [0.25, 0.3) is 0 Å². The van der Waals surface area contributed by atoms with Crippen LogP contribution in [0.15, 0.2) is 24.3 Å². The highest BCUT2D eigenvalue weighted by molar-refractivity contribution is 6.33. The average molecular weight is 280 g/mol. The number of carbonyl (C=O) groups is 1. The number of benzene rings is 1. The molecular weight excluding hydrogens is 266 g/mol. The van der Waals surface area contributed by atoms with Crippen LogP contribution in [0, 0.1) is 6.92 Å². The van der Waals surface area contributed by atoms with E-state index in [1.54, 1.807) is 23.9 Å². The topological polar surface area (TPSA) is 70.1 Å². The molecule has 0 aliphatic heterocycles. The fourth-order valence-electron chi connectivity index (χ4n) is 1.68. The van der Waals surface area contributed by atoms with Crippen LogP contribution in [-0.2, 0) is 18.4 Å². The molecular formula is C13H14ClN3O2. The molecule has 2 rings (SSSR count). The van der Waals surface area contributed by atoms with Gasteiger partial charge in [-0.2, -0.15) is 5.10 Å². The Morgan fingerprint density at radius 1 is 1.47 bits per heavy atom. The molecule has 0 amide bonds. The fourth-order valence-corrected chi connectivity index (χ4v) is 1.86. The van der Waals surface area contributed by atoms with Crippen LogP contribution in [0.25, 0.3) is 0 Å². The zero-order valence-corrected chi connectivity index (χ0v) is 11.4. The molecule has 0 saturated carbocycles. The highest BCUT2D eigenvalue weighted by Gasteiger charge is 2.11. The van der Waals surface area contributed by atoms with Crippen LogP contribution in [0.4, 0.5) is 5.69 Å². The molecule has 5 nitrogen and oxygen atoms in total. The Kier molecular flexibility index (Phi) is 3.76. The summed E-state index contributed by atoms with van der Waals surface area (Å²) in [5.41, 5.74) is 8.09. The van der Waals surface area contributed by atoms with Gasteiger partial charge in [0.1, 0.15) is 6.61 Å². The van der Waals surface area contributed by atoms with Gasteiger partial charge in [-0.15, -0.1) is 0 Å². The number of anilines is 1. The number of nitrogens with zero attached hydrogens (tertiary/aromatic N) is 2. The van der Waals surface area contributed by atoms with E-state index in [2.05, 4.69) is 5.10 Å². The van der Waals surface area contributed by atoms with Gasteiger partial charge in [0, 0.05) is 7.05 Å². The number of aryl methyl sites for hydroxylation is 2. The Morgan fingerprint density at radius 3 is 2.79 bits per heavy atom. The summed E-state index contributed by atoms with van der Waals surface area (Å²) in [5, 5.41) is 4.51. The van der Waals surface area contributed by atoms with Gasteiger partial charge in [-0.05, 0) is 31.2 Å². The summed E-state index contributed by atoms with van der Waals surface area (Å²) in [6, 6.07) is 6.52. The number of hydrogen-bond acceptors (Lipinski definition) is 4. The summed E-state index contributed by atoms with van der Waals surface area (Å²) in [4.78, 5) is 11.8. The van der Waals surface area contributed by atoms with E-state index in [1.807, 2.05) is 13.0 Å². The van der Waals surface area contributed by atoms with Crippen molar-refractivity contribution in [3.05, 3.63) is 46.2 Å². The zero-order chi connectivity index (χ0) is 14.0. The summed E-state index contributed by atoms with van der Waals surface area (Å²) in [6.45, 7) is 2.04. The highest BCUT2D eigenvalue weighted by Crippen LogP contribution is 2.20. The smallest absolute Gasteiger partial charge is 0.338 e. The van der Waals surface area contributed by atoms with E-state index in [0.29, 0.717) is 16.3 Å². The molecule has 2 aromatic rings. The number of rotatable bonds is 3. The fraction of sp³-hybridized carbons (Fsp3) is 0.231. The van der Waals surface area contributed by atoms with Crippen molar-refractivity contribution in [2.75, 3.05) is 5.73 Å². The number of nitrogen functional groups attached to an aromatic ring is 1. The quantitative estimate of drug-likeness (QED) is 0.691. The van der Waals surface area contributed by atoms with Crippen molar-refractivity contribution >= 4 is 23.3 Å². The summed E-state index contributed by atoms with van der Waals surface area (Å²) in [7, 11) is 1.80. The minimum Gasteiger partial charge on any atom is -0.456 e. The maximum absolute atomic E-state index is 11.8. The Bertz CT molecular complexity index is 622. The summed E-state index contributed by atoms with van der Waals surface area (Å²) >= 11 is 5.86.